The van der Waals surface area contributed by atoms with Crippen LogP contribution in [0.5, 0.6) is 0 Å². The zero-order valence-electron chi connectivity index (χ0n) is 6.00. The topological polar surface area (TPSA) is 40.5 Å². The lowest BCUT2D eigenvalue weighted by atomic mass is 10.3. The van der Waals surface area contributed by atoms with Gasteiger partial charge in [0.05, 0.1) is 6.61 Å². The molecule has 0 unspecified atom stereocenters. The number of rotatable bonds is 1. The summed E-state index contributed by atoms with van der Waals surface area (Å²) in [5, 5.41) is 8.52. The molecule has 1 N–H and O–H groups in total. The second-order valence-electron chi connectivity index (χ2n) is 2.33. The molecule has 1 heterocycles. The van der Waals surface area contributed by atoms with Crippen LogP contribution in [0.1, 0.15) is 12.8 Å². The molecular weight excluding hydrogens is 130 g/mol. The Hall–Kier alpha value is -0.830. The molecule has 0 radical (unpaired) electrons. The van der Waals surface area contributed by atoms with E-state index in [1.807, 2.05) is 0 Å². The Morgan fingerprint density at radius 1 is 1.70 bits per heavy atom. The molecule has 1 aliphatic rings. The van der Waals surface area contributed by atoms with Gasteiger partial charge in [0.15, 0.2) is 0 Å². The number of carbonyl (C=O) groups is 1. The fourth-order valence-electron chi connectivity index (χ4n) is 1.07. The third kappa shape index (κ3) is 1.19. The van der Waals surface area contributed by atoms with Gasteiger partial charge in [-0.1, -0.05) is 0 Å². The van der Waals surface area contributed by atoms with Crippen molar-refractivity contribution in [3.05, 3.63) is 11.8 Å². The second-order valence-corrected chi connectivity index (χ2v) is 2.33. The summed E-state index contributed by atoms with van der Waals surface area (Å²) in [5.74, 6) is 0.139. The summed E-state index contributed by atoms with van der Waals surface area (Å²) in [4.78, 5) is 12.5. The number of hydrogen-bond donors (Lipinski definition) is 1. The Bertz CT molecular complexity index is 174. The average molecular weight is 141 g/mol. The van der Waals surface area contributed by atoms with Crippen molar-refractivity contribution in [3.8, 4) is 0 Å². The Morgan fingerprint density at radius 3 is 2.80 bits per heavy atom. The van der Waals surface area contributed by atoms with Crippen molar-refractivity contribution in [1.29, 1.82) is 0 Å². The van der Waals surface area contributed by atoms with E-state index in [1.165, 1.54) is 0 Å². The van der Waals surface area contributed by atoms with E-state index in [0.29, 0.717) is 6.42 Å². The van der Waals surface area contributed by atoms with Gasteiger partial charge < -0.3 is 10.0 Å². The first kappa shape index (κ1) is 7.28. The smallest absolute Gasteiger partial charge is 0.226 e. The highest BCUT2D eigenvalue weighted by Crippen LogP contribution is 2.19. The number of hydrogen-bond acceptors (Lipinski definition) is 2. The number of amides is 1. The molecule has 0 atom stereocenters. The van der Waals surface area contributed by atoms with Crippen molar-refractivity contribution in [1.82, 2.24) is 4.90 Å². The van der Waals surface area contributed by atoms with Crippen molar-refractivity contribution in [3.63, 3.8) is 0 Å². The van der Waals surface area contributed by atoms with Crippen molar-refractivity contribution in [2.45, 2.75) is 12.8 Å². The van der Waals surface area contributed by atoms with Crippen molar-refractivity contribution < 1.29 is 9.90 Å². The molecule has 0 bridgehead atoms. The molecule has 1 amide bonds. The summed E-state index contributed by atoms with van der Waals surface area (Å²) in [6, 6.07) is 0. The Morgan fingerprint density at radius 2 is 2.40 bits per heavy atom. The predicted octanol–water partition coefficient (Wildman–Crippen LogP) is 0.115. The maximum atomic E-state index is 10.9. The fourth-order valence-corrected chi connectivity index (χ4v) is 1.07. The maximum Gasteiger partial charge on any atom is 0.226 e. The van der Waals surface area contributed by atoms with Crippen LogP contribution < -0.4 is 0 Å². The number of aliphatic hydroxyl groups excluding tert-OH is 1. The lowest BCUT2D eigenvalue weighted by Gasteiger charge is -2.09. The number of nitrogens with zero attached hydrogens (tertiary/aromatic N) is 1. The zero-order chi connectivity index (χ0) is 7.56. The normalized spacial score (nSPS) is 22.8. The van der Waals surface area contributed by atoms with Crippen LogP contribution in [0.25, 0.3) is 0 Å². The molecule has 3 heteroatoms. The summed E-state index contributed by atoms with van der Waals surface area (Å²) >= 11 is 0. The minimum Gasteiger partial charge on any atom is -0.392 e. The van der Waals surface area contributed by atoms with E-state index < -0.39 is 0 Å². The monoisotopic (exact) mass is 141 g/mol. The number of likely N-dealkylation sites (tertiary alicyclic amines) is 1. The van der Waals surface area contributed by atoms with Crippen LogP contribution in [0.15, 0.2) is 11.8 Å². The van der Waals surface area contributed by atoms with Crippen molar-refractivity contribution in [2.24, 2.45) is 0 Å². The standard InChI is InChI=1S/C7H11NO2/c1-8-6(4-5-9)2-3-7(8)10/h4,9H,2-3,5H2,1H3/b6-4+. The first-order valence-corrected chi connectivity index (χ1v) is 3.32. The molecule has 10 heavy (non-hydrogen) atoms. The van der Waals surface area contributed by atoms with Crippen LogP contribution in [-0.4, -0.2) is 29.6 Å². The molecule has 0 aromatic heterocycles. The molecule has 1 rings (SSSR count). The molecule has 0 aromatic rings. The van der Waals surface area contributed by atoms with Crippen LogP contribution in [0.4, 0.5) is 0 Å². The van der Waals surface area contributed by atoms with E-state index in [0.717, 1.165) is 12.1 Å². The third-order valence-corrected chi connectivity index (χ3v) is 1.73. The molecule has 0 aliphatic carbocycles. The molecule has 1 aliphatic heterocycles. The van der Waals surface area contributed by atoms with Gasteiger partial charge in [-0.25, -0.2) is 0 Å². The number of carbonyl (C=O) groups excluding carboxylic acids is 1. The van der Waals surface area contributed by atoms with Crippen LogP contribution in [0.2, 0.25) is 0 Å². The van der Waals surface area contributed by atoms with Gasteiger partial charge in [-0.05, 0) is 12.5 Å². The minimum absolute atomic E-state index is 0.0208. The zero-order valence-corrected chi connectivity index (χ0v) is 6.00. The summed E-state index contributed by atoms with van der Waals surface area (Å²) in [6.45, 7) is 0.0208. The van der Waals surface area contributed by atoms with Gasteiger partial charge in [0.25, 0.3) is 0 Å². The van der Waals surface area contributed by atoms with Crippen molar-refractivity contribution >= 4 is 5.91 Å². The highest BCUT2D eigenvalue weighted by molar-refractivity contribution is 5.80. The van der Waals surface area contributed by atoms with Gasteiger partial charge in [-0.3, -0.25) is 4.79 Å². The van der Waals surface area contributed by atoms with E-state index in [9.17, 15) is 4.79 Å². The molecule has 3 nitrogen and oxygen atoms in total. The maximum absolute atomic E-state index is 10.9. The summed E-state index contributed by atoms with van der Waals surface area (Å²) in [5.41, 5.74) is 0.938. The fraction of sp³-hybridized carbons (Fsp3) is 0.571. The van der Waals surface area contributed by atoms with Gasteiger partial charge in [0, 0.05) is 19.2 Å². The van der Waals surface area contributed by atoms with Crippen LogP contribution >= 0.6 is 0 Å². The number of aliphatic hydroxyl groups is 1. The summed E-state index contributed by atoms with van der Waals surface area (Å²) < 4.78 is 0. The highest BCUT2D eigenvalue weighted by atomic mass is 16.2. The largest absolute Gasteiger partial charge is 0.392 e. The Kier molecular flexibility index (Phi) is 2.06. The minimum atomic E-state index is 0.0208. The second kappa shape index (κ2) is 2.84. The van der Waals surface area contributed by atoms with E-state index in [2.05, 4.69) is 0 Å². The number of allylic oxidation sites excluding steroid dienone is 1. The molecule has 1 saturated heterocycles. The van der Waals surface area contributed by atoms with Gasteiger partial charge in [-0.15, -0.1) is 0 Å². The molecule has 1 fully saturated rings. The predicted molar refractivity (Wildman–Crippen MR) is 37.2 cm³/mol. The quantitative estimate of drug-likeness (QED) is 0.563. The van der Waals surface area contributed by atoms with E-state index in [1.54, 1.807) is 18.0 Å². The average Bonchev–Trinajstić information content (AvgIpc) is 2.20. The SMILES string of the molecule is CN1C(=O)CC/C1=C\CO. The Labute approximate surface area is 59.9 Å². The van der Waals surface area contributed by atoms with Gasteiger partial charge in [0.2, 0.25) is 5.91 Å². The Balaban J connectivity index is 2.65. The highest BCUT2D eigenvalue weighted by Gasteiger charge is 2.20. The van der Waals surface area contributed by atoms with E-state index >= 15 is 0 Å². The van der Waals surface area contributed by atoms with Gasteiger partial charge in [0.1, 0.15) is 0 Å². The first-order chi connectivity index (χ1) is 4.75. The lowest BCUT2D eigenvalue weighted by Crippen LogP contribution is -2.17. The molecule has 0 saturated carbocycles. The third-order valence-electron chi connectivity index (χ3n) is 1.73. The van der Waals surface area contributed by atoms with E-state index in [-0.39, 0.29) is 12.5 Å². The molecule has 0 aromatic carbocycles. The van der Waals surface area contributed by atoms with Gasteiger partial charge >= 0.3 is 0 Å². The lowest BCUT2D eigenvalue weighted by molar-refractivity contribution is -0.125. The molecular formula is C7H11NO2. The molecule has 56 valence electrons. The van der Waals surface area contributed by atoms with Gasteiger partial charge in [-0.2, -0.15) is 0 Å². The van der Waals surface area contributed by atoms with Crippen molar-refractivity contribution in [2.75, 3.05) is 13.7 Å². The van der Waals surface area contributed by atoms with E-state index in [4.69, 9.17) is 5.11 Å². The summed E-state index contributed by atoms with van der Waals surface area (Å²) in [6.07, 6.45) is 3.03. The van der Waals surface area contributed by atoms with Crippen LogP contribution in [0.3, 0.4) is 0 Å². The van der Waals surface area contributed by atoms with Crippen LogP contribution in [-0.2, 0) is 4.79 Å². The first-order valence-electron chi connectivity index (χ1n) is 3.32. The molecule has 0 spiro atoms. The summed E-state index contributed by atoms with van der Waals surface area (Å²) in [7, 11) is 1.73. The van der Waals surface area contributed by atoms with Crippen LogP contribution in [0, 0.1) is 0 Å².